The van der Waals surface area contributed by atoms with Crippen molar-refractivity contribution >= 4 is 23.0 Å². The molecular formula is C20H26N2O5. The van der Waals surface area contributed by atoms with Crippen LogP contribution >= 0.6 is 0 Å². The molecule has 0 aliphatic carbocycles. The molecule has 1 saturated heterocycles. The highest BCUT2D eigenvalue weighted by molar-refractivity contribution is 5.81. The van der Waals surface area contributed by atoms with Crippen molar-refractivity contribution < 1.29 is 23.8 Å². The second-order valence-electron chi connectivity index (χ2n) is 7.91. The van der Waals surface area contributed by atoms with Crippen LogP contribution in [0.3, 0.4) is 0 Å². The summed E-state index contributed by atoms with van der Waals surface area (Å²) in [5.41, 5.74) is 0.0928. The number of nitrogens with one attached hydrogen (secondary N) is 1. The molecule has 0 saturated carbocycles. The summed E-state index contributed by atoms with van der Waals surface area (Å²) >= 11 is 0. The topological polar surface area (TPSA) is 92.0 Å². The van der Waals surface area contributed by atoms with E-state index in [1.165, 1.54) is 0 Å². The maximum absolute atomic E-state index is 12.0. The van der Waals surface area contributed by atoms with Crippen molar-refractivity contribution in [3.63, 3.8) is 0 Å². The molecule has 0 spiro atoms. The predicted octanol–water partition coefficient (Wildman–Crippen LogP) is 3.55. The van der Waals surface area contributed by atoms with Crippen LogP contribution in [0.25, 0.3) is 11.0 Å². The summed E-state index contributed by atoms with van der Waals surface area (Å²) in [6.45, 7) is 6.47. The van der Waals surface area contributed by atoms with Crippen molar-refractivity contribution in [2.45, 2.75) is 51.3 Å². The Hall–Kier alpha value is -2.54. The normalized spacial score (nSPS) is 19.6. The maximum Gasteiger partial charge on any atom is 0.407 e. The first-order chi connectivity index (χ1) is 12.7. The summed E-state index contributed by atoms with van der Waals surface area (Å²) in [7, 11) is 0. The monoisotopic (exact) mass is 374 g/mol. The zero-order chi connectivity index (χ0) is 19.6. The lowest BCUT2D eigenvalue weighted by atomic mass is 10.0. The molecule has 2 heterocycles. The van der Waals surface area contributed by atoms with Gasteiger partial charge in [-0.05, 0) is 52.3 Å². The van der Waals surface area contributed by atoms with Crippen LogP contribution in [-0.4, -0.2) is 46.8 Å². The summed E-state index contributed by atoms with van der Waals surface area (Å²) < 4.78 is 11.1. The SMILES string of the molecule is CC(C)(C)OC(=O)N[C@@H]1CCCN([C@@H](C(=O)O)c2cc3ccccc3o2)C1. The number of likely N-dealkylation sites (tertiary alicyclic amines) is 1. The number of carboxylic acids is 1. The number of nitrogens with zero attached hydrogens (tertiary/aromatic N) is 1. The molecule has 1 fully saturated rings. The van der Waals surface area contributed by atoms with E-state index in [0.717, 1.165) is 18.2 Å². The summed E-state index contributed by atoms with van der Waals surface area (Å²) in [5, 5.41) is 13.5. The van der Waals surface area contributed by atoms with E-state index >= 15 is 0 Å². The second kappa shape index (κ2) is 7.60. The lowest BCUT2D eigenvalue weighted by Crippen LogP contribution is -2.50. The number of furan rings is 1. The molecule has 27 heavy (non-hydrogen) atoms. The van der Waals surface area contributed by atoms with E-state index in [0.29, 0.717) is 24.4 Å². The number of hydrogen-bond donors (Lipinski definition) is 2. The highest BCUT2D eigenvalue weighted by Crippen LogP contribution is 2.30. The van der Waals surface area contributed by atoms with Gasteiger partial charge in [0, 0.05) is 18.0 Å². The van der Waals surface area contributed by atoms with Gasteiger partial charge in [-0.25, -0.2) is 4.79 Å². The number of fused-ring (bicyclic) bond motifs is 1. The zero-order valence-corrected chi connectivity index (χ0v) is 15.9. The van der Waals surface area contributed by atoms with Crippen LogP contribution in [0.4, 0.5) is 4.79 Å². The van der Waals surface area contributed by atoms with E-state index in [2.05, 4.69) is 5.32 Å². The zero-order valence-electron chi connectivity index (χ0n) is 15.9. The number of benzene rings is 1. The molecule has 2 aromatic rings. The number of aliphatic carboxylic acids is 1. The molecule has 2 atom stereocenters. The van der Waals surface area contributed by atoms with Gasteiger partial charge in [-0.15, -0.1) is 0 Å². The van der Waals surface area contributed by atoms with Crippen LogP contribution in [0, 0.1) is 0 Å². The Morgan fingerprint density at radius 3 is 2.74 bits per heavy atom. The molecule has 0 bridgehead atoms. The van der Waals surface area contributed by atoms with Gasteiger partial charge in [0.2, 0.25) is 0 Å². The Labute approximate surface area is 158 Å². The number of carbonyl (C=O) groups excluding carboxylic acids is 1. The molecule has 7 nitrogen and oxygen atoms in total. The summed E-state index contributed by atoms with van der Waals surface area (Å²) in [6, 6.07) is 8.18. The fraction of sp³-hybridized carbons (Fsp3) is 0.500. The van der Waals surface area contributed by atoms with Crippen molar-refractivity contribution in [3.8, 4) is 0 Å². The van der Waals surface area contributed by atoms with E-state index < -0.39 is 23.7 Å². The smallest absolute Gasteiger partial charge is 0.407 e. The second-order valence-corrected chi connectivity index (χ2v) is 7.91. The number of ether oxygens (including phenoxy) is 1. The van der Waals surface area contributed by atoms with E-state index in [4.69, 9.17) is 9.15 Å². The molecule has 1 amide bonds. The van der Waals surface area contributed by atoms with Gasteiger partial charge in [0.05, 0.1) is 0 Å². The van der Waals surface area contributed by atoms with E-state index in [-0.39, 0.29) is 6.04 Å². The molecule has 1 aliphatic heterocycles. The van der Waals surface area contributed by atoms with Crippen LogP contribution < -0.4 is 5.32 Å². The highest BCUT2D eigenvalue weighted by Gasteiger charge is 2.35. The van der Waals surface area contributed by atoms with Crippen molar-refractivity contribution in [2.24, 2.45) is 0 Å². The number of carbonyl (C=O) groups is 2. The van der Waals surface area contributed by atoms with Crippen LogP contribution in [0.15, 0.2) is 34.7 Å². The first-order valence-electron chi connectivity index (χ1n) is 9.18. The van der Waals surface area contributed by atoms with Gasteiger partial charge in [-0.1, -0.05) is 18.2 Å². The molecule has 0 radical (unpaired) electrons. The number of para-hydroxylation sites is 1. The minimum Gasteiger partial charge on any atom is -0.480 e. The van der Waals surface area contributed by atoms with Gasteiger partial charge in [-0.2, -0.15) is 0 Å². The molecule has 1 aromatic heterocycles. The van der Waals surface area contributed by atoms with Crippen molar-refractivity contribution in [1.29, 1.82) is 0 Å². The fourth-order valence-corrected chi connectivity index (χ4v) is 3.43. The van der Waals surface area contributed by atoms with Crippen molar-refractivity contribution in [3.05, 3.63) is 36.1 Å². The largest absolute Gasteiger partial charge is 0.480 e. The Kier molecular flexibility index (Phi) is 5.41. The number of carboxylic acid groups (broad SMARTS) is 1. The summed E-state index contributed by atoms with van der Waals surface area (Å²) in [6.07, 6.45) is 1.08. The third-order valence-electron chi connectivity index (χ3n) is 4.49. The van der Waals surface area contributed by atoms with Crippen molar-refractivity contribution in [1.82, 2.24) is 10.2 Å². The summed E-state index contributed by atoms with van der Waals surface area (Å²) in [5.74, 6) is -0.561. The molecule has 2 N–H and O–H groups in total. The average Bonchev–Trinajstić information content (AvgIpc) is 2.96. The quantitative estimate of drug-likeness (QED) is 0.850. The fourth-order valence-electron chi connectivity index (χ4n) is 3.43. The van der Waals surface area contributed by atoms with Crippen LogP contribution in [0.1, 0.15) is 45.4 Å². The Balaban J connectivity index is 1.74. The van der Waals surface area contributed by atoms with Crippen LogP contribution in [0.5, 0.6) is 0 Å². The number of alkyl carbamates (subject to hydrolysis) is 1. The molecule has 3 rings (SSSR count). The third kappa shape index (κ3) is 4.80. The first kappa shape index (κ1) is 19.2. The first-order valence-corrected chi connectivity index (χ1v) is 9.18. The van der Waals surface area contributed by atoms with E-state index in [1.54, 1.807) is 6.07 Å². The van der Waals surface area contributed by atoms with Gasteiger partial charge in [-0.3, -0.25) is 9.69 Å². The van der Waals surface area contributed by atoms with E-state index in [1.807, 2.05) is 49.9 Å². The molecule has 7 heteroatoms. The molecule has 0 unspecified atom stereocenters. The minimum absolute atomic E-state index is 0.167. The lowest BCUT2D eigenvalue weighted by molar-refractivity contribution is -0.144. The van der Waals surface area contributed by atoms with Crippen LogP contribution in [-0.2, 0) is 9.53 Å². The molecule has 1 aromatic carbocycles. The number of amides is 1. The van der Waals surface area contributed by atoms with Gasteiger partial charge in [0.25, 0.3) is 0 Å². The average molecular weight is 374 g/mol. The molecular weight excluding hydrogens is 348 g/mol. The van der Waals surface area contributed by atoms with Gasteiger partial charge in [0.1, 0.15) is 16.9 Å². The minimum atomic E-state index is -0.966. The molecule has 1 aliphatic rings. The van der Waals surface area contributed by atoms with Crippen molar-refractivity contribution in [2.75, 3.05) is 13.1 Å². The molecule has 146 valence electrons. The van der Waals surface area contributed by atoms with E-state index in [9.17, 15) is 14.7 Å². The van der Waals surface area contributed by atoms with Gasteiger partial charge >= 0.3 is 12.1 Å². The Morgan fingerprint density at radius 1 is 1.33 bits per heavy atom. The standard InChI is InChI=1S/C20H26N2O5/c1-20(2,3)27-19(25)21-14-8-6-10-22(12-14)17(18(23)24)16-11-13-7-4-5-9-15(13)26-16/h4-5,7,9,11,14,17H,6,8,10,12H2,1-3H3,(H,21,25)(H,23,24)/t14-,17-/m1/s1. The Bertz CT molecular complexity index is 790. The highest BCUT2D eigenvalue weighted by atomic mass is 16.6. The van der Waals surface area contributed by atoms with Gasteiger partial charge in [0.15, 0.2) is 6.04 Å². The number of piperidine rings is 1. The maximum atomic E-state index is 12.0. The predicted molar refractivity (Wildman–Crippen MR) is 101 cm³/mol. The number of hydrogen-bond acceptors (Lipinski definition) is 5. The van der Waals surface area contributed by atoms with Gasteiger partial charge < -0.3 is 19.6 Å². The van der Waals surface area contributed by atoms with Crippen LogP contribution in [0.2, 0.25) is 0 Å². The number of rotatable bonds is 4. The third-order valence-corrected chi connectivity index (χ3v) is 4.49. The Morgan fingerprint density at radius 2 is 2.07 bits per heavy atom. The summed E-state index contributed by atoms with van der Waals surface area (Å²) in [4.78, 5) is 25.9. The lowest BCUT2D eigenvalue weighted by Gasteiger charge is -2.36.